The second-order valence-electron chi connectivity index (χ2n) is 5.87. The van der Waals surface area contributed by atoms with Gasteiger partial charge in [-0.2, -0.15) is 0 Å². The van der Waals surface area contributed by atoms with Crippen LogP contribution in [0.4, 0.5) is 5.82 Å². The van der Waals surface area contributed by atoms with Crippen LogP contribution in [0.1, 0.15) is 13.8 Å². The zero-order valence-electron chi connectivity index (χ0n) is 12.6. The van der Waals surface area contributed by atoms with Crippen LogP contribution in [0, 0.1) is 0 Å². The normalized spacial score (nSPS) is 21.7. The Bertz CT molecular complexity index is 616. The van der Waals surface area contributed by atoms with Crippen molar-refractivity contribution in [2.45, 2.75) is 26.0 Å². The molecule has 0 spiro atoms. The fourth-order valence-corrected chi connectivity index (χ4v) is 3.00. The second-order valence-corrected chi connectivity index (χ2v) is 5.87. The Kier molecular flexibility index (Phi) is 4.03. The average molecular weight is 286 g/mol. The van der Waals surface area contributed by atoms with Crippen LogP contribution in [0.15, 0.2) is 30.5 Å². The van der Waals surface area contributed by atoms with E-state index >= 15 is 0 Å². The summed E-state index contributed by atoms with van der Waals surface area (Å²) in [6.45, 7) is 7.59. The number of aromatic nitrogens is 2. The molecule has 0 saturated carbocycles. The maximum atomic E-state index is 9.51. The van der Waals surface area contributed by atoms with Crippen molar-refractivity contribution in [3.05, 3.63) is 30.5 Å². The Balaban J connectivity index is 1.77. The van der Waals surface area contributed by atoms with E-state index in [0.717, 1.165) is 43.0 Å². The minimum Gasteiger partial charge on any atom is -0.392 e. The molecular formula is C16H22N4O. The highest BCUT2D eigenvalue weighted by Crippen LogP contribution is 2.20. The van der Waals surface area contributed by atoms with E-state index in [4.69, 9.17) is 4.98 Å². The second kappa shape index (κ2) is 5.95. The van der Waals surface area contributed by atoms with E-state index in [1.165, 1.54) is 0 Å². The molecular weight excluding hydrogens is 264 g/mol. The molecule has 5 nitrogen and oxygen atoms in total. The molecule has 3 rings (SSSR count). The number of rotatable bonds is 3. The molecule has 0 bridgehead atoms. The van der Waals surface area contributed by atoms with Crippen molar-refractivity contribution in [1.82, 2.24) is 14.9 Å². The lowest BCUT2D eigenvalue weighted by atomic mass is 10.2. The molecule has 0 radical (unpaired) electrons. The molecule has 2 aromatic rings. The number of hydrogen-bond acceptors (Lipinski definition) is 5. The largest absolute Gasteiger partial charge is 0.392 e. The Hall–Kier alpha value is -1.72. The highest BCUT2D eigenvalue weighted by Gasteiger charge is 2.25. The van der Waals surface area contributed by atoms with Gasteiger partial charge in [0.15, 0.2) is 0 Å². The third-order valence-corrected chi connectivity index (χ3v) is 3.96. The quantitative estimate of drug-likeness (QED) is 0.927. The van der Waals surface area contributed by atoms with Crippen LogP contribution in [-0.2, 0) is 0 Å². The first kappa shape index (κ1) is 14.2. The van der Waals surface area contributed by atoms with E-state index in [-0.39, 0.29) is 6.10 Å². The summed E-state index contributed by atoms with van der Waals surface area (Å²) in [7, 11) is 0. The van der Waals surface area contributed by atoms with E-state index in [1.54, 1.807) is 0 Å². The summed E-state index contributed by atoms with van der Waals surface area (Å²) in [6.07, 6.45) is 1.59. The van der Waals surface area contributed by atoms with Crippen LogP contribution in [-0.4, -0.2) is 58.3 Å². The number of para-hydroxylation sites is 2. The first-order valence-electron chi connectivity index (χ1n) is 7.52. The van der Waals surface area contributed by atoms with E-state index in [2.05, 4.69) is 21.7 Å². The number of fused-ring (bicyclic) bond motifs is 1. The molecule has 1 aromatic heterocycles. The fourth-order valence-electron chi connectivity index (χ4n) is 3.00. The molecule has 1 aromatic carbocycles. The smallest absolute Gasteiger partial charge is 0.148 e. The number of β-amino-alcohol motifs (C(OH)–C–C–N with tert-alkyl or cyclic N) is 1. The number of benzene rings is 1. The SMILES string of the molecule is CC(O)CN1CCN(c2cnc3ccccc3n2)C(C)C1. The molecule has 2 unspecified atom stereocenters. The maximum Gasteiger partial charge on any atom is 0.148 e. The van der Waals surface area contributed by atoms with Gasteiger partial charge in [-0.25, -0.2) is 4.98 Å². The van der Waals surface area contributed by atoms with Crippen molar-refractivity contribution >= 4 is 16.9 Å². The summed E-state index contributed by atoms with van der Waals surface area (Å²) in [5.74, 6) is 0.942. The Labute approximate surface area is 125 Å². The molecule has 1 fully saturated rings. The minimum atomic E-state index is -0.274. The number of nitrogens with zero attached hydrogens (tertiary/aromatic N) is 4. The van der Waals surface area contributed by atoms with Crippen molar-refractivity contribution < 1.29 is 5.11 Å². The average Bonchev–Trinajstić information content (AvgIpc) is 2.46. The van der Waals surface area contributed by atoms with Crippen LogP contribution in [0.2, 0.25) is 0 Å². The molecule has 2 atom stereocenters. The molecule has 112 valence electrons. The van der Waals surface area contributed by atoms with Crippen molar-refractivity contribution in [1.29, 1.82) is 0 Å². The molecule has 21 heavy (non-hydrogen) atoms. The van der Waals surface area contributed by atoms with Crippen molar-refractivity contribution in [2.75, 3.05) is 31.1 Å². The number of aliphatic hydroxyl groups excluding tert-OH is 1. The fraction of sp³-hybridized carbons (Fsp3) is 0.500. The van der Waals surface area contributed by atoms with Gasteiger partial charge >= 0.3 is 0 Å². The van der Waals surface area contributed by atoms with Crippen LogP contribution in [0.5, 0.6) is 0 Å². The lowest BCUT2D eigenvalue weighted by molar-refractivity contribution is 0.114. The lowest BCUT2D eigenvalue weighted by Gasteiger charge is -2.40. The zero-order valence-corrected chi connectivity index (χ0v) is 12.6. The van der Waals surface area contributed by atoms with E-state index in [0.29, 0.717) is 6.04 Å². The summed E-state index contributed by atoms with van der Waals surface area (Å²) >= 11 is 0. The third kappa shape index (κ3) is 3.14. The molecule has 0 amide bonds. The lowest BCUT2D eigenvalue weighted by Crippen LogP contribution is -2.53. The van der Waals surface area contributed by atoms with Crippen LogP contribution < -0.4 is 4.90 Å². The zero-order chi connectivity index (χ0) is 14.8. The predicted molar refractivity (Wildman–Crippen MR) is 84.5 cm³/mol. The van der Waals surface area contributed by atoms with Crippen molar-refractivity contribution in [2.24, 2.45) is 0 Å². The van der Waals surface area contributed by atoms with Gasteiger partial charge in [0.2, 0.25) is 0 Å². The number of anilines is 1. The summed E-state index contributed by atoms with van der Waals surface area (Å²) in [5, 5.41) is 9.51. The van der Waals surface area contributed by atoms with Gasteiger partial charge < -0.3 is 10.0 Å². The summed E-state index contributed by atoms with van der Waals surface area (Å²) in [6, 6.07) is 8.32. The van der Waals surface area contributed by atoms with Gasteiger partial charge in [-0.05, 0) is 26.0 Å². The van der Waals surface area contributed by atoms with Gasteiger partial charge in [0.05, 0.1) is 23.3 Å². The van der Waals surface area contributed by atoms with Gasteiger partial charge in [-0.3, -0.25) is 9.88 Å². The van der Waals surface area contributed by atoms with E-state index in [9.17, 15) is 5.11 Å². The molecule has 5 heteroatoms. The Morgan fingerprint density at radius 2 is 2.05 bits per heavy atom. The topological polar surface area (TPSA) is 52.5 Å². The van der Waals surface area contributed by atoms with Crippen LogP contribution in [0.25, 0.3) is 11.0 Å². The molecule has 1 N–H and O–H groups in total. The maximum absolute atomic E-state index is 9.51. The van der Waals surface area contributed by atoms with Gasteiger partial charge in [0.1, 0.15) is 5.82 Å². The van der Waals surface area contributed by atoms with Crippen LogP contribution >= 0.6 is 0 Å². The first-order valence-corrected chi connectivity index (χ1v) is 7.52. The van der Waals surface area contributed by atoms with Crippen LogP contribution in [0.3, 0.4) is 0 Å². The third-order valence-electron chi connectivity index (χ3n) is 3.96. The summed E-state index contributed by atoms with van der Waals surface area (Å²) in [5.41, 5.74) is 1.87. The highest BCUT2D eigenvalue weighted by atomic mass is 16.3. The van der Waals surface area contributed by atoms with E-state index in [1.807, 2.05) is 37.4 Å². The highest BCUT2D eigenvalue weighted by molar-refractivity contribution is 5.75. The number of hydrogen-bond donors (Lipinski definition) is 1. The molecule has 1 aliphatic rings. The Morgan fingerprint density at radius 1 is 1.29 bits per heavy atom. The molecule has 1 saturated heterocycles. The predicted octanol–water partition coefficient (Wildman–Crippen LogP) is 1.52. The standard InChI is InChI=1S/C16H22N4O/c1-12-10-19(11-13(2)21)7-8-20(12)16-9-17-14-5-3-4-6-15(14)18-16/h3-6,9,12-13,21H,7-8,10-11H2,1-2H3. The number of aliphatic hydroxyl groups is 1. The minimum absolute atomic E-state index is 0.274. The van der Waals surface area contributed by atoms with Gasteiger partial charge in [0.25, 0.3) is 0 Å². The molecule has 2 heterocycles. The van der Waals surface area contributed by atoms with E-state index < -0.39 is 0 Å². The van der Waals surface area contributed by atoms with Gasteiger partial charge in [0, 0.05) is 32.2 Å². The van der Waals surface area contributed by atoms with Gasteiger partial charge in [-0.15, -0.1) is 0 Å². The molecule has 0 aliphatic carbocycles. The summed E-state index contributed by atoms with van der Waals surface area (Å²) < 4.78 is 0. The number of piperazine rings is 1. The molecule has 1 aliphatic heterocycles. The monoisotopic (exact) mass is 286 g/mol. The summed E-state index contributed by atoms with van der Waals surface area (Å²) in [4.78, 5) is 13.8. The van der Waals surface area contributed by atoms with Gasteiger partial charge in [-0.1, -0.05) is 12.1 Å². The Morgan fingerprint density at radius 3 is 2.76 bits per heavy atom. The van der Waals surface area contributed by atoms with Crippen molar-refractivity contribution in [3.8, 4) is 0 Å². The first-order chi connectivity index (χ1) is 10.1. The van der Waals surface area contributed by atoms with Crippen molar-refractivity contribution in [3.63, 3.8) is 0 Å².